The summed E-state index contributed by atoms with van der Waals surface area (Å²) in [5, 5.41) is 2.80. The molecule has 0 bridgehead atoms. The van der Waals surface area contributed by atoms with Gasteiger partial charge in [-0.3, -0.25) is 9.59 Å². The van der Waals surface area contributed by atoms with E-state index in [0.717, 1.165) is 11.3 Å². The van der Waals surface area contributed by atoms with Crippen LogP contribution in [0.4, 0.5) is 10.1 Å². The number of nitrogens with zero attached hydrogens (tertiary/aromatic N) is 1. The largest absolute Gasteiger partial charge is 0.341 e. The Morgan fingerprint density at radius 2 is 1.88 bits per heavy atom. The van der Waals surface area contributed by atoms with Crippen LogP contribution in [0.3, 0.4) is 0 Å². The Balaban J connectivity index is 1.74. The van der Waals surface area contributed by atoms with E-state index in [1.165, 1.54) is 22.7 Å². The summed E-state index contributed by atoms with van der Waals surface area (Å²) in [5.74, 6) is -0.261. The molecule has 25 heavy (non-hydrogen) atoms. The van der Waals surface area contributed by atoms with Gasteiger partial charge in [-0.25, -0.2) is 4.39 Å². The predicted molar refractivity (Wildman–Crippen MR) is 100 cm³/mol. The van der Waals surface area contributed by atoms with Gasteiger partial charge in [0.25, 0.3) is 0 Å². The van der Waals surface area contributed by atoms with Gasteiger partial charge < -0.3 is 10.2 Å². The molecule has 132 valence electrons. The summed E-state index contributed by atoms with van der Waals surface area (Å²) in [6.45, 7) is 2.16. The van der Waals surface area contributed by atoms with Crippen LogP contribution in [0.1, 0.15) is 11.1 Å². The van der Waals surface area contributed by atoms with E-state index in [1.54, 1.807) is 25.2 Å². The first-order valence-electron chi connectivity index (χ1n) is 7.87. The van der Waals surface area contributed by atoms with E-state index in [2.05, 4.69) is 5.32 Å². The van der Waals surface area contributed by atoms with Crippen LogP contribution in [0.5, 0.6) is 0 Å². The molecule has 0 aromatic heterocycles. The summed E-state index contributed by atoms with van der Waals surface area (Å²) in [7, 11) is 1.63. The van der Waals surface area contributed by atoms with Crippen LogP contribution in [-0.4, -0.2) is 35.3 Å². The van der Waals surface area contributed by atoms with Crippen molar-refractivity contribution in [3.63, 3.8) is 0 Å². The second-order valence-electron chi connectivity index (χ2n) is 5.75. The highest BCUT2D eigenvalue weighted by Gasteiger charge is 2.12. The molecule has 2 rings (SSSR count). The van der Waals surface area contributed by atoms with Crippen LogP contribution < -0.4 is 5.32 Å². The number of aryl methyl sites for hydroxylation is 1. The van der Waals surface area contributed by atoms with E-state index in [-0.39, 0.29) is 35.7 Å². The average Bonchev–Trinajstić information content (AvgIpc) is 2.56. The Hall–Kier alpha value is -2.34. The van der Waals surface area contributed by atoms with Crippen LogP contribution in [0.15, 0.2) is 48.5 Å². The van der Waals surface area contributed by atoms with Crippen molar-refractivity contribution in [1.29, 1.82) is 0 Å². The van der Waals surface area contributed by atoms with E-state index >= 15 is 0 Å². The summed E-state index contributed by atoms with van der Waals surface area (Å²) >= 11 is 1.24. The number of hydrogen-bond donors (Lipinski definition) is 1. The van der Waals surface area contributed by atoms with Crippen LogP contribution in [0, 0.1) is 12.7 Å². The van der Waals surface area contributed by atoms with Crippen molar-refractivity contribution in [3.8, 4) is 0 Å². The quantitative estimate of drug-likeness (QED) is 0.823. The second kappa shape index (κ2) is 9.22. The Kier molecular flexibility index (Phi) is 7.01. The molecule has 0 unspecified atom stereocenters. The zero-order chi connectivity index (χ0) is 18.2. The first-order valence-corrected chi connectivity index (χ1v) is 9.03. The van der Waals surface area contributed by atoms with Gasteiger partial charge in [-0.1, -0.05) is 30.3 Å². The minimum atomic E-state index is -0.327. The number of carbonyl (C=O) groups is 2. The molecular formula is C19H21FN2O2S. The van der Waals surface area contributed by atoms with Crippen molar-refractivity contribution >= 4 is 29.3 Å². The fourth-order valence-electron chi connectivity index (χ4n) is 2.23. The van der Waals surface area contributed by atoms with Gasteiger partial charge in [-0.15, -0.1) is 11.8 Å². The molecule has 0 aliphatic carbocycles. The van der Waals surface area contributed by atoms with Gasteiger partial charge in [-0.2, -0.15) is 0 Å². The third-order valence-corrected chi connectivity index (χ3v) is 4.47. The number of benzene rings is 2. The smallest absolute Gasteiger partial charge is 0.234 e. The Morgan fingerprint density at radius 3 is 2.60 bits per heavy atom. The zero-order valence-corrected chi connectivity index (χ0v) is 15.1. The lowest BCUT2D eigenvalue weighted by Crippen LogP contribution is -2.28. The third kappa shape index (κ3) is 6.23. The monoisotopic (exact) mass is 360 g/mol. The highest BCUT2D eigenvalue weighted by molar-refractivity contribution is 8.00. The number of carbonyl (C=O) groups excluding carboxylic acids is 2. The molecule has 0 saturated heterocycles. The molecule has 0 fully saturated rings. The maximum Gasteiger partial charge on any atom is 0.234 e. The minimum Gasteiger partial charge on any atom is -0.341 e. The van der Waals surface area contributed by atoms with Crippen molar-refractivity contribution < 1.29 is 14.0 Å². The van der Waals surface area contributed by atoms with Crippen molar-refractivity contribution in [2.45, 2.75) is 13.5 Å². The number of hydrogen-bond acceptors (Lipinski definition) is 3. The van der Waals surface area contributed by atoms with E-state index in [4.69, 9.17) is 0 Å². The molecule has 0 radical (unpaired) electrons. The van der Waals surface area contributed by atoms with Gasteiger partial charge in [0.15, 0.2) is 0 Å². The topological polar surface area (TPSA) is 49.4 Å². The van der Waals surface area contributed by atoms with Gasteiger partial charge in [0.1, 0.15) is 5.82 Å². The van der Waals surface area contributed by atoms with Crippen LogP contribution in [-0.2, 0) is 16.1 Å². The Bertz CT molecular complexity index is 752. The van der Waals surface area contributed by atoms with E-state index in [1.807, 2.05) is 31.2 Å². The Morgan fingerprint density at radius 1 is 1.12 bits per heavy atom. The molecule has 4 nitrogen and oxygen atoms in total. The zero-order valence-electron chi connectivity index (χ0n) is 14.3. The molecule has 0 heterocycles. The molecule has 2 aromatic rings. The third-order valence-electron chi connectivity index (χ3n) is 3.55. The van der Waals surface area contributed by atoms with Crippen molar-refractivity contribution in [1.82, 2.24) is 4.90 Å². The number of nitrogens with one attached hydrogen (secondary N) is 1. The SMILES string of the molecule is Cc1cccc(NC(=O)CSCC(=O)N(C)Cc2ccccc2F)c1. The molecule has 6 heteroatoms. The summed E-state index contributed by atoms with van der Waals surface area (Å²) < 4.78 is 13.6. The maximum absolute atomic E-state index is 13.6. The van der Waals surface area contributed by atoms with Crippen molar-refractivity contribution in [2.24, 2.45) is 0 Å². The second-order valence-corrected chi connectivity index (χ2v) is 6.74. The number of anilines is 1. The van der Waals surface area contributed by atoms with Gasteiger partial charge in [0.05, 0.1) is 11.5 Å². The number of thioether (sulfide) groups is 1. The summed E-state index contributed by atoms with van der Waals surface area (Å²) in [4.78, 5) is 25.5. The molecule has 1 N–H and O–H groups in total. The molecule has 0 atom stereocenters. The first kappa shape index (κ1) is 19.0. The van der Waals surface area contributed by atoms with Crippen LogP contribution in [0.2, 0.25) is 0 Å². The van der Waals surface area contributed by atoms with Gasteiger partial charge >= 0.3 is 0 Å². The number of rotatable bonds is 7. The van der Waals surface area contributed by atoms with Crippen LogP contribution in [0.25, 0.3) is 0 Å². The molecule has 0 spiro atoms. The van der Waals surface area contributed by atoms with Crippen LogP contribution >= 0.6 is 11.8 Å². The minimum absolute atomic E-state index is 0.142. The van der Waals surface area contributed by atoms with E-state index < -0.39 is 0 Å². The fourth-order valence-corrected chi connectivity index (χ4v) is 2.99. The maximum atomic E-state index is 13.6. The molecule has 0 aliphatic rings. The lowest BCUT2D eigenvalue weighted by molar-refractivity contribution is -0.127. The first-order chi connectivity index (χ1) is 12.0. The lowest BCUT2D eigenvalue weighted by atomic mass is 10.2. The van der Waals surface area contributed by atoms with Gasteiger partial charge in [-0.05, 0) is 30.7 Å². The average molecular weight is 360 g/mol. The molecule has 0 saturated carbocycles. The predicted octanol–water partition coefficient (Wildman–Crippen LogP) is 3.46. The van der Waals surface area contributed by atoms with E-state index in [9.17, 15) is 14.0 Å². The summed E-state index contributed by atoms with van der Waals surface area (Å²) in [6, 6.07) is 13.9. The highest BCUT2D eigenvalue weighted by Crippen LogP contribution is 2.12. The van der Waals surface area contributed by atoms with Crippen molar-refractivity contribution in [3.05, 3.63) is 65.5 Å². The van der Waals surface area contributed by atoms with Gasteiger partial charge in [0, 0.05) is 24.8 Å². The number of amides is 2. The molecular weight excluding hydrogens is 339 g/mol. The Labute approximate surface area is 151 Å². The summed E-state index contributed by atoms with van der Waals surface area (Å²) in [5.41, 5.74) is 2.28. The summed E-state index contributed by atoms with van der Waals surface area (Å²) in [6.07, 6.45) is 0. The lowest BCUT2D eigenvalue weighted by Gasteiger charge is -2.17. The van der Waals surface area contributed by atoms with E-state index in [0.29, 0.717) is 5.56 Å². The number of halogens is 1. The fraction of sp³-hybridized carbons (Fsp3) is 0.263. The van der Waals surface area contributed by atoms with Crippen molar-refractivity contribution in [2.75, 3.05) is 23.9 Å². The highest BCUT2D eigenvalue weighted by atomic mass is 32.2. The molecule has 0 aliphatic heterocycles. The van der Waals surface area contributed by atoms with Gasteiger partial charge in [0.2, 0.25) is 11.8 Å². The molecule has 2 aromatic carbocycles. The standard InChI is InChI=1S/C19H21FN2O2S/c1-14-6-5-8-16(10-14)21-18(23)12-25-13-19(24)22(2)11-15-7-3-4-9-17(15)20/h3-10H,11-13H2,1-2H3,(H,21,23). The normalized spacial score (nSPS) is 10.4. The molecule has 2 amide bonds.